The van der Waals surface area contributed by atoms with Crippen LogP contribution in [0.2, 0.25) is 0 Å². The molecule has 0 aromatic rings. The van der Waals surface area contributed by atoms with E-state index in [9.17, 15) is 4.79 Å². The lowest BCUT2D eigenvalue weighted by Crippen LogP contribution is -2.60. The zero-order chi connectivity index (χ0) is 13.4. The smallest absolute Gasteiger partial charge is 0.240 e. The average molecular weight is 254 g/mol. The summed E-state index contributed by atoms with van der Waals surface area (Å²) in [7, 11) is 0. The summed E-state index contributed by atoms with van der Waals surface area (Å²) in [5, 5.41) is 3.40. The topological polar surface area (TPSA) is 41.6 Å². The fourth-order valence-electron chi connectivity index (χ4n) is 3.02. The van der Waals surface area contributed by atoms with Crippen LogP contribution in [0.5, 0.6) is 0 Å². The SMILES string of the molecule is CC1(C)CN(C(=O)C2NCCCC2(C)C)CCO1. The maximum atomic E-state index is 12.7. The van der Waals surface area contributed by atoms with Crippen LogP contribution in [0.25, 0.3) is 0 Å². The fraction of sp³-hybridized carbons (Fsp3) is 0.929. The lowest BCUT2D eigenvalue weighted by Gasteiger charge is -2.44. The molecule has 2 aliphatic heterocycles. The van der Waals surface area contributed by atoms with Gasteiger partial charge in [-0.15, -0.1) is 0 Å². The molecule has 0 aromatic heterocycles. The maximum Gasteiger partial charge on any atom is 0.240 e. The first-order chi connectivity index (χ1) is 8.32. The van der Waals surface area contributed by atoms with Gasteiger partial charge in [0.15, 0.2) is 0 Å². The molecular weight excluding hydrogens is 228 g/mol. The minimum atomic E-state index is -0.216. The highest BCUT2D eigenvalue weighted by atomic mass is 16.5. The summed E-state index contributed by atoms with van der Waals surface area (Å²) < 4.78 is 5.67. The number of carbonyl (C=O) groups is 1. The largest absolute Gasteiger partial charge is 0.372 e. The highest BCUT2D eigenvalue weighted by Crippen LogP contribution is 2.31. The van der Waals surface area contributed by atoms with E-state index in [1.54, 1.807) is 0 Å². The van der Waals surface area contributed by atoms with Crippen molar-refractivity contribution in [1.29, 1.82) is 0 Å². The second kappa shape index (κ2) is 4.82. The molecule has 1 unspecified atom stereocenters. The second-order valence-corrected chi connectivity index (χ2v) is 6.85. The Kier molecular flexibility index (Phi) is 3.70. The third kappa shape index (κ3) is 2.86. The van der Waals surface area contributed by atoms with E-state index in [-0.39, 0.29) is 23.0 Å². The molecule has 2 heterocycles. The Morgan fingerprint density at radius 1 is 1.33 bits per heavy atom. The summed E-state index contributed by atoms with van der Waals surface area (Å²) in [6.07, 6.45) is 2.27. The van der Waals surface area contributed by atoms with Gasteiger partial charge in [-0.1, -0.05) is 13.8 Å². The van der Waals surface area contributed by atoms with E-state index in [0.717, 1.165) is 25.9 Å². The summed E-state index contributed by atoms with van der Waals surface area (Å²) in [6.45, 7) is 11.5. The molecule has 104 valence electrons. The molecule has 0 aliphatic carbocycles. The zero-order valence-corrected chi connectivity index (χ0v) is 12.1. The van der Waals surface area contributed by atoms with Crippen molar-refractivity contribution in [3.8, 4) is 0 Å². The number of nitrogens with one attached hydrogen (secondary N) is 1. The quantitative estimate of drug-likeness (QED) is 0.769. The Hall–Kier alpha value is -0.610. The number of rotatable bonds is 1. The molecule has 0 spiro atoms. The van der Waals surface area contributed by atoms with Crippen molar-refractivity contribution in [2.75, 3.05) is 26.2 Å². The second-order valence-electron chi connectivity index (χ2n) is 6.85. The van der Waals surface area contributed by atoms with E-state index in [0.29, 0.717) is 13.2 Å². The molecule has 1 N–H and O–H groups in total. The van der Waals surface area contributed by atoms with Crippen LogP contribution in [0.1, 0.15) is 40.5 Å². The number of ether oxygens (including phenoxy) is 1. The van der Waals surface area contributed by atoms with E-state index in [4.69, 9.17) is 4.74 Å². The van der Waals surface area contributed by atoms with E-state index in [1.165, 1.54) is 0 Å². The van der Waals surface area contributed by atoms with Crippen LogP contribution in [-0.4, -0.2) is 48.7 Å². The van der Waals surface area contributed by atoms with E-state index >= 15 is 0 Å². The highest BCUT2D eigenvalue weighted by molar-refractivity contribution is 5.83. The zero-order valence-electron chi connectivity index (χ0n) is 12.1. The van der Waals surface area contributed by atoms with Gasteiger partial charge in [-0.05, 0) is 38.6 Å². The summed E-state index contributed by atoms with van der Waals surface area (Å²) in [5.41, 5.74) is -0.162. The summed E-state index contributed by atoms with van der Waals surface area (Å²) in [5.74, 6) is 0.246. The van der Waals surface area contributed by atoms with Gasteiger partial charge in [0.1, 0.15) is 0 Å². The first kappa shape index (κ1) is 13.8. The van der Waals surface area contributed by atoms with E-state index < -0.39 is 0 Å². The molecule has 0 bridgehead atoms. The van der Waals surface area contributed by atoms with Crippen LogP contribution in [0.15, 0.2) is 0 Å². The molecule has 0 saturated carbocycles. The van der Waals surface area contributed by atoms with Gasteiger partial charge in [-0.25, -0.2) is 0 Å². The predicted molar refractivity (Wildman–Crippen MR) is 71.4 cm³/mol. The Balaban J connectivity index is 2.06. The van der Waals surface area contributed by atoms with Gasteiger partial charge < -0.3 is 15.0 Å². The minimum absolute atomic E-state index is 0.0415. The molecule has 4 nitrogen and oxygen atoms in total. The molecule has 1 amide bonds. The number of morpholine rings is 1. The Morgan fingerprint density at radius 2 is 2.06 bits per heavy atom. The van der Waals surface area contributed by atoms with Crippen molar-refractivity contribution in [2.45, 2.75) is 52.2 Å². The molecule has 2 saturated heterocycles. The van der Waals surface area contributed by atoms with Gasteiger partial charge in [0, 0.05) is 13.1 Å². The average Bonchev–Trinajstić information content (AvgIpc) is 2.26. The lowest BCUT2D eigenvalue weighted by atomic mass is 9.77. The van der Waals surface area contributed by atoms with Crippen molar-refractivity contribution in [2.24, 2.45) is 5.41 Å². The van der Waals surface area contributed by atoms with Gasteiger partial charge in [0.2, 0.25) is 5.91 Å². The van der Waals surface area contributed by atoms with Crippen molar-refractivity contribution in [1.82, 2.24) is 10.2 Å². The van der Waals surface area contributed by atoms with Gasteiger partial charge in [-0.2, -0.15) is 0 Å². The van der Waals surface area contributed by atoms with E-state index in [1.807, 2.05) is 18.7 Å². The molecule has 2 rings (SSSR count). The molecule has 2 aliphatic rings. The van der Waals surface area contributed by atoms with Crippen LogP contribution < -0.4 is 5.32 Å². The third-order valence-electron chi connectivity index (χ3n) is 4.11. The Labute approximate surface area is 110 Å². The number of hydrogen-bond donors (Lipinski definition) is 1. The Morgan fingerprint density at radius 3 is 2.67 bits per heavy atom. The summed E-state index contributed by atoms with van der Waals surface area (Å²) in [4.78, 5) is 14.6. The number of carbonyl (C=O) groups excluding carboxylic acids is 1. The normalized spacial score (nSPS) is 31.1. The van der Waals surface area contributed by atoms with Gasteiger partial charge in [0.05, 0.1) is 18.2 Å². The highest BCUT2D eigenvalue weighted by Gasteiger charge is 2.41. The third-order valence-corrected chi connectivity index (χ3v) is 4.11. The van der Waals surface area contributed by atoms with Crippen LogP contribution in [-0.2, 0) is 9.53 Å². The van der Waals surface area contributed by atoms with Crippen LogP contribution in [0.4, 0.5) is 0 Å². The van der Waals surface area contributed by atoms with Gasteiger partial charge in [0.25, 0.3) is 0 Å². The number of piperidine rings is 1. The molecule has 18 heavy (non-hydrogen) atoms. The fourth-order valence-corrected chi connectivity index (χ4v) is 3.02. The van der Waals surface area contributed by atoms with Crippen LogP contribution in [0, 0.1) is 5.41 Å². The molecule has 1 atom stereocenters. The monoisotopic (exact) mass is 254 g/mol. The van der Waals surface area contributed by atoms with Crippen molar-refractivity contribution >= 4 is 5.91 Å². The molecule has 0 aromatic carbocycles. The van der Waals surface area contributed by atoms with Gasteiger partial charge >= 0.3 is 0 Å². The maximum absolute atomic E-state index is 12.7. The standard InChI is InChI=1S/C14H26N2O2/c1-13(2)6-5-7-15-11(13)12(17)16-8-9-18-14(3,4)10-16/h11,15H,5-10H2,1-4H3. The first-order valence-corrected chi connectivity index (χ1v) is 6.98. The number of hydrogen-bond acceptors (Lipinski definition) is 3. The van der Waals surface area contributed by atoms with Crippen molar-refractivity contribution in [3.63, 3.8) is 0 Å². The molecule has 0 radical (unpaired) electrons. The summed E-state index contributed by atoms with van der Waals surface area (Å²) in [6, 6.07) is -0.0415. The molecule has 2 fully saturated rings. The molecule has 4 heteroatoms. The van der Waals surface area contributed by atoms with Crippen molar-refractivity contribution in [3.05, 3.63) is 0 Å². The van der Waals surface area contributed by atoms with Crippen molar-refractivity contribution < 1.29 is 9.53 Å². The van der Waals surface area contributed by atoms with Crippen LogP contribution >= 0.6 is 0 Å². The van der Waals surface area contributed by atoms with Crippen LogP contribution in [0.3, 0.4) is 0 Å². The van der Waals surface area contributed by atoms with Gasteiger partial charge in [-0.3, -0.25) is 4.79 Å². The number of nitrogens with zero attached hydrogens (tertiary/aromatic N) is 1. The summed E-state index contributed by atoms with van der Waals surface area (Å²) >= 11 is 0. The minimum Gasteiger partial charge on any atom is -0.372 e. The Bertz CT molecular complexity index is 326. The number of amides is 1. The van der Waals surface area contributed by atoms with E-state index in [2.05, 4.69) is 19.2 Å². The molecular formula is C14H26N2O2. The first-order valence-electron chi connectivity index (χ1n) is 6.98. The lowest BCUT2D eigenvalue weighted by molar-refractivity contribution is -0.151. The predicted octanol–water partition coefficient (Wildman–Crippen LogP) is 1.40.